The summed E-state index contributed by atoms with van der Waals surface area (Å²) in [5.41, 5.74) is 2.74. The van der Waals surface area contributed by atoms with Gasteiger partial charge in [0.2, 0.25) is 0 Å². The zero-order valence-corrected chi connectivity index (χ0v) is 13.1. The molecular weight excluding hydrogens is 294 g/mol. The highest BCUT2D eigenvalue weighted by Crippen LogP contribution is 2.29. The van der Waals surface area contributed by atoms with E-state index in [1.807, 2.05) is 13.0 Å². The molecule has 1 heterocycles. The predicted molar refractivity (Wildman–Crippen MR) is 88.3 cm³/mol. The second kappa shape index (κ2) is 6.00. The smallest absolute Gasteiger partial charge is 0.255 e. The van der Waals surface area contributed by atoms with E-state index in [9.17, 15) is 4.79 Å². The van der Waals surface area contributed by atoms with Crippen molar-refractivity contribution in [1.29, 1.82) is 0 Å². The number of H-pyrrole nitrogens is 1. The fourth-order valence-corrected chi connectivity index (χ4v) is 2.38. The first kappa shape index (κ1) is 14.9. The van der Waals surface area contributed by atoms with E-state index in [1.54, 1.807) is 44.6 Å². The highest BCUT2D eigenvalue weighted by Gasteiger charge is 2.12. The second-order valence-electron chi connectivity index (χ2n) is 5.07. The summed E-state index contributed by atoms with van der Waals surface area (Å²) >= 11 is 0. The lowest BCUT2D eigenvalue weighted by Crippen LogP contribution is -2.12. The number of benzene rings is 2. The van der Waals surface area contributed by atoms with Gasteiger partial charge in [-0.25, -0.2) is 4.98 Å². The summed E-state index contributed by atoms with van der Waals surface area (Å²) in [6.07, 6.45) is 0. The quantitative estimate of drug-likeness (QED) is 0.776. The fraction of sp³-hybridized carbons (Fsp3) is 0.176. The maximum Gasteiger partial charge on any atom is 0.255 e. The number of rotatable bonds is 4. The summed E-state index contributed by atoms with van der Waals surface area (Å²) in [5.74, 6) is 1.79. The first-order valence-corrected chi connectivity index (χ1v) is 7.10. The Morgan fingerprint density at radius 2 is 1.96 bits per heavy atom. The molecule has 0 saturated heterocycles. The first-order chi connectivity index (χ1) is 11.1. The van der Waals surface area contributed by atoms with E-state index in [-0.39, 0.29) is 5.91 Å². The Kier molecular flexibility index (Phi) is 3.89. The molecule has 0 atom stereocenters. The minimum Gasteiger partial charge on any atom is -0.497 e. The molecule has 0 bridgehead atoms. The van der Waals surface area contributed by atoms with Crippen molar-refractivity contribution in [3.63, 3.8) is 0 Å². The molecule has 2 aromatic carbocycles. The molecule has 0 saturated carbocycles. The number of fused-ring (bicyclic) bond motifs is 1. The van der Waals surface area contributed by atoms with Gasteiger partial charge in [-0.3, -0.25) is 4.79 Å². The molecule has 6 nitrogen and oxygen atoms in total. The lowest BCUT2D eigenvalue weighted by molar-refractivity contribution is 0.102. The standard InChI is InChI=1S/C17H17N3O3/c1-10-18-13-6-4-11(8-14(13)19-10)17(21)20-15-9-12(22-2)5-7-16(15)23-3/h4-9H,1-3H3,(H,18,19)(H,20,21). The zero-order valence-electron chi connectivity index (χ0n) is 13.1. The number of nitrogens with zero attached hydrogens (tertiary/aromatic N) is 1. The number of ether oxygens (including phenoxy) is 2. The Morgan fingerprint density at radius 3 is 2.70 bits per heavy atom. The van der Waals surface area contributed by atoms with Crippen LogP contribution in [0.25, 0.3) is 11.0 Å². The number of aryl methyl sites for hydroxylation is 1. The summed E-state index contributed by atoms with van der Waals surface area (Å²) in [6, 6.07) is 10.6. The summed E-state index contributed by atoms with van der Waals surface area (Å²) in [6.45, 7) is 1.88. The average Bonchev–Trinajstić information content (AvgIpc) is 2.93. The topological polar surface area (TPSA) is 76.2 Å². The molecular formula is C17H17N3O3. The molecule has 0 aliphatic carbocycles. The van der Waals surface area contributed by atoms with Crippen LogP contribution in [0.5, 0.6) is 11.5 Å². The first-order valence-electron chi connectivity index (χ1n) is 7.10. The van der Waals surface area contributed by atoms with E-state index in [0.717, 1.165) is 16.9 Å². The van der Waals surface area contributed by atoms with Crippen LogP contribution in [0.3, 0.4) is 0 Å². The number of aromatic amines is 1. The predicted octanol–water partition coefficient (Wildman–Crippen LogP) is 3.14. The average molecular weight is 311 g/mol. The Bertz CT molecular complexity index is 871. The van der Waals surface area contributed by atoms with Gasteiger partial charge in [-0.15, -0.1) is 0 Å². The number of carbonyl (C=O) groups is 1. The van der Waals surface area contributed by atoms with Crippen LogP contribution in [-0.4, -0.2) is 30.1 Å². The number of imidazole rings is 1. The summed E-state index contributed by atoms with van der Waals surface area (Å²) in [5, 5.41) is 2.85. The summed E-state index contributed by atoms with van der Waals surface area (Å²) < 4.78 is 10.5. The van der Waals surface area contributed by atoms with E-state index in [4.69, 9.17) is 9.47 Å². The highest BCUT2D eigenvalue weighted by molar-refractivity contribution is 6.06. The molecule has 118 valence electrons. The van der Waals surface area contributed by atoms with Crippen molar-refractivity contribution in [3.05, 3.63) is 47.8 Å². The molecule has 0 unspecified atom stereocenters. The Hall–Kier alpha value is -3.02. The molecule has 0 aliphatic heterocycles. The van der Waals surface area contributed by atoms with Crippen molar-refractivity contribution < 1.29 is 14.3 Å². The third-order valence-corrected chi connectivity index (χ3v) is 3.52. The Balaban J connectivity index is 1.90. The Morgan fingerprint density at radius 1 is 1.13 bits per heavy atom. The second-order valence-corrected chi connectivity index (χ2v) is 5.07. The molecule has 3 rings (SSSR count). The minimum atomic E-state index is -0.231. The molecule has 1 aromatic heterocycles. The molecule has 0 spiro atoms. The molecule has 23 heavy (non-hydrogen) atoms. The van der Waals surface area contributed by atoms with Gasteiger partial charge in [0.15, 0.2) is 0 Å². The van der Waals surface area contributed by atoms with Crippen molar-refractivity contribution in [2.75, 3.05) is 19.5 Å². The number of aromatic nitrogens is 2. The molecule has 0 aliphatic rings. The van der Waals surface area contributed by atoms with Gasteiger partial charge < -0.3 is 19.8 Å². The maximum absolute atomic E-state index is 12.5. The third-order valence-electron chi connectivity index (χ3n) is 3.52. The van der Waals surface area contributed by atoms with Crippen LogP contribution in [0.1, 0.15) is 16.2 Å². The minimum absolute atomic E-state index is 0.231. The molecule has 2 N–H and O–H groups in total. The number of carbonyl (C=O) groups excluding carboxylic acids is 1. The fourth-order valence-electron chi connectivity index (χ4n) is 2.38. The molecule has 3 aromatic rings. The van der Waals surface area contributed by atoms with Gasteiger partial charge in [-0.1, -0.05) is 0 Å². The van der Waals surface area contributed by atoms with Crippen molar-refractivity contribution in [3.8, 4) is 11.5 Å². The van der Waals surface area contributed by atoms with Crippen LogP contribution < -0.4 is 14.8 Å². The van der Waals surface area contributed by atoms with Gasteiger partial charge in [-0.05, 0) is 37.3 Å². The zero-order chi connectivity index (χ0) is 16.4. The van der Waals surface area contributed by atoms with Crippen molar-refractivity contribution >= 4 is 22.6 Å². The Labute approximate surface area is 133 Å². The summed E-state index contributed by atoms with van der Waals surface area (Å²) in [4.78, 5) is 19.9. The van der Waals surface area contributed by atoms with Crippen LogP contribution in [-0.2, 0) is 0 Å². The van der Waals surface area contributed by atoms with E-state index < -0.39 is 0 Å². The number of methoxy groups -OCH3 is 2. The van der Waals surface area contributed by atoms with Crippen molar-refractivity contribution in [1.82, 2.24) is 9.97 Å². The van der Waals surface area contributed by atoms with Crippen LogP contribution >= 0.6 is 0 Å². The third kappa shape index (κ3) is 2.96. The highest BCUT2D eigenvalue weighted by atomic mass is 16.5. The van der Waals surface area contributed by atoms with Crippen LogP contribution in [0.2, 0.25) is 0 Å². The van der Waals surface area contributed by atoms with Gasteiger partial charge in [0.05, 0.1) is 30.9 Å². The summed E-state index contributed by atoms with van der Waals surface area (Å²) in [7, 11) is 3.12. The van der Waals surface area contributed by atoms with Gasteiger partial charge in [-0.2, -0.15) is 0 Å². The molecule has 0 fully saturated rings. The number of hydrogen-bond acceptors (Lipinski definition) is 4. The van der Waals surface area contributed by atoms with Crippen LogP contribution in [0.15, 0.2) is 36.4 Å². The number of anilines is 1. The van der Waals surface area contributed by atoms with E-state index >= 15 is 0 Å². The number of nitrogens with one attached hydrogen (secondary N) is 2. The number of amides is 1. The SMILES string of the molecule is COc1ccc(OC)c(NC(=O)c2ccc3nc(C)[nH]c3c2)c1. The molecule has 6 heteroatoms. The van der Waals surface area contributed by atoms with Crippen molar-refractivity contribution in [2.45, 2.75) is 6.92 Å². The van der Waals surface area contributed by atoms with E-state index in [0.29, 0.717) is 22.7 Å². The van der Waals surface area contributed by atoms with E-state index in [1.165, 1.54) is 0 Å². The van der Waals surface area contributed by atoms with Gasteiger partial charge in [0.1, 0.15) is 17.3 Å². The molecule has 1 amide bonds. The lowest BCUT2D eigenvalue weighted by Gasteiger charge is -2.11. The molecule has 0 radical (unpaired) electrons. The number of hydrogen-bond donors (Lipinski definition) is 2. The lowest BCUT2D eigenvalue weighted by atomic mass is 10.1. The van der Waals surface area contributed by atoms with Crippen LogP contribution in [0.4, 0.5) is 5.69 Å². The van der Waals surface area contributed by atoms with Crippen LogP contribution in [0, 0.1) is 6.92 Å². The largest absolute Gasteiger partial charge is 0.497 e. The monoisotopic (exact) mass is 311 g/mol. The van der Waals surface area contributed by atoms with Gasteiger partial charge >= 0.3 is 0 Å². The van der Waals surface area contributed by atoms with E-state index in [2.05, 4.69) is 15.3 Å². The van der Waals surface area contributed by atoms with Gasteiger partial charge in [0.25, 0.3) is 5.91 Å². The maximum atomic E-state index is 12.5. The van der Waals surface area contributed by atoms with Crippen molar-refractivity contribution in [2.24, 2.45) is 0 Å². The normalized spacial score (nSPS) is 10.6. The van der Waals surface area contributed by atoms with Gasteiger partial charge in [0, 0.05) is 11.6 Å².